The third-order valence-electron chi connectivity index (χ3n) is 4.79. The largest absolute Gasteiger partial charge is 0.420 e. The number of nitrogens with one attached hydrogen (secondary N) is 2. The molecule has 0 radical (unpaired) electrons. The fourth-order valence-electron chi connectivity index (χ4n) is 3.35. The summed E-state index contributed by atoms with van der Waals surface area (Å²) in [6.07, 6.45) is 0. The molecule has 1 aliphatic rings. The smallest absolute Gasteiger partial charge is 0.408 e. The molecule has 0 spiro atoms. The Morgan fingerprint density at radius 1 is 1.17 bits per heavy atom. The number of para-hydroxylation sites is 2. The highest BCUT2D eigenvalue weighted by Gasteiger charge is 2.14. The minimum absolute atomic E-state index is 0.0936. The van der Waals surface area contributed by atoms with Crippen molar-refractivity contribution in [2.45, 2.75) is 13.5 Å². The van der Waals surface area contributed by atoms with E-state index in [9.17, 15) is 9.59 Å². The number of aromatic nitrogens is 3. The molecular weight excluding hydrogens is 388 g/mol. The van der Waals surface area contributed by atoms with Crippen molar-refractivity contribution in [3.63, 3.8) is 0 Å². The van der Waals surface area contributed by atoms with Crippen molar-refractivity contribution in [2.75, 3.05) is 49.6 Å². The number of anilines is 2. The van der Waals surface area contributed by atoms with Gasteiger partial charge in [0.1, 0.15) is 24.0 Å². The van der Waals surface area contributed by atoms with Crippen molar-refractivity contribution in [3.05, 3.63) is 46.7 Å². The predicted octanol–water partition coefficient (Wildman–Crippen LogP) is 0.758. The average molecular weight is 412 g/mol. The fraction of sp³-hybridized carbons (Fsp3) is 0.400. The van der Waals surface area contributed by atoms with Gasteiger partial charge >= 0.3 is 5.76 Å². The van der Waals surface area contributed by atoms with Gasteiger partial charge in [-0.1, -0.05) is 12.1 Å². The number of oxazole rings is 1. The quantitative estimate of drug-likeness (QED) is 0.547. The summed E-state index contributed by atoms with van der Waals surface area (Å²) in [5, 5.41) is 6.01. The lowest BCUT2D eigenvalue weighted by Crippen LogP contribution is -2.37. The Kier molecular flexibility index (Phi) is 5.94. The van der Waals surface area contributed by atoms with Crippen LogP contribution in [0.2, 0.25) is 0 Å². The molecule has 0 bridgehead atoms. The molecule has 1 saturated heterocycles. The van der Waals surface area contributed by atoms with E-state index in [0.717, 1.165) is 18.9 Å². The zero-order chi connectivity index (χ0) is 20.9. The Bertz CT molecular complexity index is 1090. The Balaban J connectivity index is 1.29. The summed E-state index contributed by atoms with van der Waals surface area (Å²) in [6.45, 7) is 5.61. The molecule has 2 N–H and O–H groups in total. The SMILES string of the molecule is Cc1nc(NCCNC(=O)Cn2c(=O)oc3ccccc32)cc(N2CCOCC2)n1. The summed E-state index contributed by atoms with van der Waals surface area (Å²) in [7, 11) is 0. The molecule has 0 saturated carbocycles. The summed E-state index contributed by atoms with van der Waals surface area (Å²) >= 11 is 0. The summed E-state index contributed by atoms with van der Waals surface area (Å²) < 4.78 is 11.8. The van der Waals surface area contributed by atoms with Crippen LogP contribution >= 0.6 is 0 Å². The van der Waals surface area contributed by atoms with Gasteiger partial charge in [0.25, 0.3) is 0 Å². The number of amides is 1. The Morgan fingerprint density at radius 2 is 1.97 bits per heavy atom. The number of benzene rings is 1. The number of hydrogen-bond acceptors (Lipinski definition) is 8. The number of carbonyl (C=O) groups is 1. The molecule has 1 amide bonds. The van der Waals surface area contributed by atoms with Gasteiger partial charge in [0, 0.05) is 32.2 Å². The Morgan fingerprint density at radius 3 is 2.80 bits per heavy atom. The third-order valence-corrected chi connectivity index (χ3v) is 4.79. The summed E-state index contributed by atoms with van der Waals surface area (Å²) in [5.74, 6) is 1.44. The number of morpholine rings is 1. The second-order valence-electron chi connectivity index (χ2n) is 6.96. The maximum absolute atomic E-state index is 12.2. The summed E-state index contributed by atoms with van der Waals surface area (Å²) in [4.78, 5) is 35.3. The van der Waals surface area contributed by atoms with Crippen LogP contribution in [0.3, 0.4) is 0 Å². The first-order valence-corrected chi connectivity index (χ1v) is 9.87. The molecule has 0 aliphatic carbocycles. The van der Waals surface area contributed by atoms with Crippen molar-refractivity contribution in [1.29, 1.82) is 0 Å². The molecule has 0 atom stereocenters. The fourth-order valence-corrected chi connectivity index (χ4v) is 3.35. The van der Waals surface area contributed by atoms with E-state index in [1.165, 1.54) is 4.57 Å². The summed E-state index contributed by atoms with van der Waals surface area (Å²) in [5.41, 5.74) is 1.06. The molecule has 4 rings (SSSR count). The van der Waals surface area contributed by atoms with E-state index in [2.05, 4.69) is 25.5 Å². The maximum atomic E-state index is 12.2. The molecule has 3 aromatic rings. The van der Waals surface area contributed by atoms with E-state index >= 15 is 0 Å². The van der Waals surface area contributed by atoms with Gasteiger partial charge in [-0.25, -0.2) is 14.8 Å². The standard InChI is InChI=1S/C20H24N6O4/c1-14-23-17(12-18(24-14)25-8-10-29-11-9-25)21-6-7-22-19(27)13-26-15-4-2-3-5-16(15)30-20(26)28/h2-5,12H,6-11,13H2,1H3,(H,22,27)(H,21,23,24). The Hall–Kier alpha value is -3.40. The minimum atomic E-state index is -0.545. The van der Waals surface area contributed by atoms with E-state index in [1.54, 1.807) is 24.3 Å². The van der Waals surface area contributed by atoms with Gasteiger partial charge in [0.05, 0.1) is 18.7 Å². The first-order valence-electron chi connectivity index (χ1n) is 9.87. The second-order valence-corrected chi connectivity index (χ2v) is 6.96. The zero-order valence-corrected chi connectivity index (χ0v) is 16.8. The number of ether oxygens (including phenoxy) is 1. The van der Waals surface area contributed by atoms with Gasteiger partial charge < -0.3 is 24.7 Å². The second kappa shape index (κ2) is 8.95. The van der Waals surface area contributed by atoms with Crippen LogP contribution in [0.15, 0.2) is 39.5 Å². The van der Waals surface area contributed by atoms with Crippen LogP contribution in [0.25, 0.3) is 11.1 Å². The van der Waals surface area contributed by atoms with Crippen LogP contribution < -0.4 is 21.3 Å². The average Bonchev–Trinajstić information content (AvgIpc) is 3.06. The van der Waals surface area contributed by atoms with Crippen LogP contribution in [0, 0.1) is 6.92 Å². The number of nitrogens with zero attached hydrogens (tertiary/aromatic N) is 4. The van der Waals surface area contributed by atoms with E-state index in [-0.39, 0.29) is 12.5 Å². The molecule has 1 aliphatic heterocycles. The van der Waals surface area contributed by atoms with Gasteiger partial charge in [-0.3, -0.25) is 9.36 Å². The van der Waals surface area contributed by atoms with Gasteiger partial charge in [-0.15, -0.1) is 0 Å². The number of hydrogen-bond donors (Lipinski definition) is 2. The number of fused-ring (bicyclic) bond motifs is 1. The highest BCUT2D eigenvalue weighted by molar-refractivity contribution is 5.79. The van der Waals surface area contributed by atoms with E-state index in [1.807, 2.05) is 13.0 Å². The van der Waals surface area contributed by atoms with Crippen molar-refractivity contribution in [1.82, 2.24) is 19.9 Å². The van der Waals surface area contributed by atoms with Gasteiger partial charge in [-0.05, 0) is 19.1 Å². The van der Waals surface area contributed by atoms with Gasteiger partial charge in [0.15, 0.2) is 5.58 Å². The third kappa shape index (κ3) is 4.60. The van der Waals surface area contributed by atoms with E-state index in [4.69, 9.17) is 9.15 Å². The maximum Gasteiger partial charge on any atom is 0.420 e. The van der Waals surface area contributed by atoms with Crippen LogP contribution in [-0.2, 0) is 16.1 Å². The highest BCUT2D eigenvalue weighted by atomic mass is 16.5. The molecule has 3 heterocycles. The van der Waals surface area contributed by atoms with Crippen LogP contribution in [-0.4, -0.2) is 59.8 Å². The molecule has 10 heteroatoms. The molecule has 1 fully saturated rings. The number of rotatable bonds is 7. The van der Waals surface area contributed by atoms with E-state index < -0.39 is 5.76 Å². The normalized spacial score (nSPS) is 14.1. The predicted molar refractivity (Wildman–Crippen MR) is 112 cm³/mol. The van der Waals surface area contributed by atoms with Crippen LogP contribution in [0.4, 0.5) is 11.6 Å². The molecule has 1 aromatic carbocycles. The van der Waals surface area contributed by atoms with Crippen LogP contribution in [0.1, 0.15) is 5.82 Å². The molecule has 10 nitrogen and oxygen atoms in total. The summed E-state index contributed by atoms with van der Waals surface area (Å²) in [6, 6.07) is 8.92. The van der Waals surface area contributed by atoms with Gasteiger partial charge in [0.2, 0.25) is 5.91 Å². The molecule has 158 valence electrons. The molecule has 0 unspecified atom stereocenters. The molecular formula is C20H24N6O4. The van der Waals surface area contributed by atoms with Crippen LogP contribution in [0.5, 0.6) is 0 Å². The van der Waals surface area contributed by atoms with Crippen molar-refractivity contribution in [2.24, 2.45) is 0 Å². The Labute approximate surface area is 172 Å². The van der Waals surface area contributed by atoms with E-state index in [0.29, 0.717) is 49.0 Å². The van der Waals surface area contributed by atoms with Crippen molar-refractivity contribution in [3.8, 4) is 0 Å². The lowest BCUT2D eigenvalue weighted by atomic mass is 10.3. The van der Waals surface area contributed by atoms with Crippen molar-refractivity contribution >= 4 is 28.6 Å². The number of aryl methyl sites for hydroxylation is 1. The zero-order valence-electron chi connectivity index (χ0n) is 16.8. The van der Waals surface area contributed by atoms with Gasteiger partial charge in [-0.2, -0.15) is 0 Å². The minimum Gasteiger partial charge on any atom is -0.408 e. The first-order chi connectivity index (χ1) is 14.6. The molecule has 30 heavy (non-hydrogen) atoms. The monoisotopic (exact) mass is 412 g/mol. The highest BCUT2D eigenvalue weighted by Crippen LogP contribution is 2.17. The van der Waals surface area contributed by atoms with Crippen molar-refractivity contribution < 1.29 is 13.9 Å². The molecule has 2 aromatic heterocycles. The lowest BCUT2D eigenvalue weighted by Gasteiger charge is -2.28. The topological polar surface area (TPSA) is 115 Å². The number of carbonyl (C=O) groups excluding carboxylic acids is 1. The lowest BCUT2D eigenvalue weighted by molar-refractivity contribution is -0.121. The first kappa shape index (κ1) is 19.9.